The molecule has 0 unspecified atom stereocenters. The highest BCUT2D eigenvalue weighted by Crippen LogP contribution is 2.18. The van der Waals surface area contributed by atoms with Crippen molar-refractivity contribution < 1.29 is 0 Å². The van der Waals surface area contributed by atoms with Crippen molar-refractivity contribution in [2.75, 3.05) is 27.2 Å². The van der Waals surface area contributed by atoms with Crippen LogP contribution in [0, 0.1) is 0 Å². The lowest BCUT2D eigenvalue weighted by Gasteiger charge is -2.15. The Bertz CT molecular complexity index is 360. The van der Waals surface area contributed by atoms with Crippen LogP contribution in [-0.4, -0.2) is 42.9 Å². The maximum Gasteiger partial charge on any atom is 0.201 e. The minimum absolute atomic E-state index is 0.743. The zero-order chi connectivity index (χ0) is 10.8. The molecule has 0 radical (unpaired) electrons. The lowest BCUT2D eigenvalue weighted by molar-refractivity contribution is 0.553. The van der Waals surface area contributed by atoms with Crippen LogP contribution in [0.1, 0.15) is 0 Å². The van der Waals surface area contributed by atoms with Gasteiger partial charge in [-0.25, -0.2) is 4.99 Å². The first-order valence-electron chi connectivity index (χ1n) is 4.93. The Morgan fingerprint density at radius 3 is 2.13 bits per heavy atom. The Kier molecular flexibility index (Phi) is 2.82. The highest BCUT2D eigenvalue weighted by Gasteiger charge is 2.19. The first-order chi connectivity index (χ1) is 7.16. The van der Waals surface area contributed by atoms with E-state index in [1.54, 1.807) is 0 Å². The molecule has 1 fully saturated rings. The fourth-order valence-corrected chi connectivity index (χ4v) is 1.72. The van der Waals surface area contributed by atoms with Crippen molar-refractivity contribution in [1.29, 1.82) is 0 Å². The van der Waals surface area contributed by atoms with Gasteiger partial charge >= 0.3 is 0 Å². The predicted molar refractivity (Wildman–Crippen MR) is 63.8 cm³/mol. The first-order valence-corrected chi connectivity index (χ1v) is 5.31. The minimum Gasteiger partial charge on any atom is -0.344 e. The number of likely N-dealkylation sites (N-methyl/N-ethyl adjacent to an activating group) is 2. The molecule has 4 heteroatoms. The molecule has 80 valence electrons. The highest BCUT2D eigenvalue weighted by atomic mass is 35.5. The van der Waals surface area contributed by atoms with Crippen molar-refractivity contribution in [1.82, 2.24) is 9.80 Å². The van der Waals surface area contributed by atoms with Crippen LogP contribution in [-0.2, 0) is 0 Å². The Morgan fingerprint density at radius 1 is 1.07 bits per heavy atom. The Hall–Kier alpha value is -1.22. The second-order valence-corrected chi connectivity index (χ2v) is 4.17. The molecule has 2 rings (SSSR count). The van der Waals surface area contributed by atoms with Crippen LogP contribution in [0.15, 0.2) is 29.3 Å². The van der Waals surface area contributed by atoms with Crippen LogP contribution in [0.4, 0.5) is 5.69 Å². The summed E-state index contributed by atoms with van der Waals surface area (Å²) in [6.45, 7) is 2.06. The molecule has 0 spiro atoms. The van der Waals surface area contributed by atoms with Crippen molar-refractivity contribution in [3.8, 4) is 0 Å². The third kappa shape index (κ3) is 2.23. The summed E-state index contributed by atoms with van der Waals surface area (Å²) in [4.78, 5) is 8.87. The van der Waals surface area contributed by atoms with Gasteiger partial charge in [-0.15, -0.1) is 0 Å². The van der Waals surface area contributed by atoms with Crippen molar-refractivity contribution in [2.45, 2.75) is 0 Å². The lowest BCUT2D eigenvalue weighted by atomic mass is 10.3. The van der Waals surface area contributed by atoms with E-state index in [1.165, 1.54) is 0 Å². The largest absolute Gasteiger partial charge is 0.344 e. The SMILES string of the molecule is CN1CCN(C)C1=Nc1ccc(Cl)cc1. The fourth-order valence-electron chi connectivity index (χ4n) is 1.59. The molecule has 0 aromatic heterocycles. The summed E-state index contributed by atoms with van der Waals surface area (Å²) < 4.78 is 0. The minimum atomic E-state index is 0.743. The molecule has 0 amide bonds. The summed E-state index contributed by atoms with van der Waals surface area (Å²) in [5.41, 5.74) is 0.940. The summed E-state index contributed by atoms with van der Waals surface area (Å²) >= 11 is 5.82. The van der Waals surface area contributed by atoms with Crippen molar-refractivity contribution in [3.63, 3.8) is 0 Å². The summed E-state index contributed by atoms with van der Waals surface area (Å²) in [7, 11) is 4.11. The zero-order valence-electron chi connectivity index (χ0n) is 8.94. The van der Waals surface area contributed by atoms with Crippen LogP contribution in [0.3, 0.4) is 0 Å². The molecule has 1 aromatic rings. The molecular formula is C11H14ClN3. The van der Waals surface area contributed by atoms with Crippen LogP contribution in [0.5, 0.6) is 0 Å². The second-order valence-electron chi connectivity index (χ2n) is 3.73. The van der Waals surface area contributed by atoms with Crippen molar-refractivity contribution in [2.24, 2.45) is 4.99 Å². The van der Waals surface area contributed by atoms with E-state index in [0.717, 1.165) is 29.8 Å². The quantitative estimate of drug-likeness (QED) is 0.727. The molecule has 3 nitrogen and oxygen atoms in total. The van der Waals surface area contributed by atoms with Crippen LogP contribution in [0.2, 0.25) is 5.02 Å². The summed E-state index contributed by atoms with van der Waals surface area (Å²) in [6.07, 6.45) is 0. The van der Waals surface area contributed by atoms with Gasteiger partial charge in [0.1, 0.15) is 0 Å². The van der Waals surface area contributed by atoms with Gasteiger partial charge in [-0.1, -0.05) is 11.6 Å². The Balaban J connectivity index is 2.25. The molecule has 0 bridgehead atoms. The molecule has 1 aliphatic heterocycles. The highest BCUT2D eigenvalue weighted by molar-refractivity contribution is 6.30. The normalized spacial score (nSPS) is 16.1. The molecule has 1 heterocycles. The third-order valence-corrected chi connectivity index (χ3v) is 2.76. The van der Waals surface area contributed by atoms with Crippen LogP contribution < -0.4 is 0 Å². The van der Waals surface area contributed by atoms with Gasteiger partial charge in [0.25, 0.3) is 0 Å². The van der Waals surface area contributed by atoms with Gasteiger partial charge < -0.3 is 9.80 Å². The average molecular weight is 224 g/mol. The Morgan fingerprint density at radius 2 is 1.60 bits per heavy atom. The third-order valence-electron chi connectivity index (χ3n) is 2.51. The molecule has 1 aliphatic rings. The standard InChI is InChI=1S/C11H14ClN3/c1-14-7-8-15(2)11(14)13-10-5-3-9(12)4-6-10/h3-6H,7-8H2,1-2H3. The molecule has 0 N–H and O–H groups in total. The van der Waals surface area contributed by atoms with Gasteiger partial charge in [0.2, 0.25) is 5.96 Å². The van der Waals surface area contributed by atoms with E-state index in [2.05, 4.69) is 28.9 Å². The molecular weight excluding hydrogens is 210 g/mol. The number of benzene rings is 1. The molecule has 0 aliphatic carbocycles. The van der Waals surface area contributed by atoms with E-state index >= 15 is 0 Å². The van der Waals surface area contributed by atoms with Crippen molar-refractivity contribution in [3.05, 3.63) is 29.3 Å². The number of halogens is 1. The van der Waals surface area contributed by atoms with Gasteiger partial charge in [0, 0.05) is 32.2 Å². The van der Waals surface area contributed by atoms with Crippen LogP contribution >= 0.6 is 11.6 Å². The zero-order valence-corrected chi connectivity index (χ0v) is 9.70. The summed E-state index contributed by atoms with van der Waals surface area (Å²) in [5.74, 6) is 1.01. The topological polar surface area (TPSA) is 18.8 Å². The molecule has 0 saturated carbocycles. The van der Waals surface area contributed by atoms with E-state index in [-0.39, 0.29) is 0 Å². The van der Waals surface area contributed by atoms with Gasteiger partial charge in [-0.05, 0) is 24.3 Å². The van der Waals surface area contributed by atoms with Crippen LogP contribution in [0.25, 0.3) is 0 Å². The average Bonchev–Trinajstić information content (AvgIpc) is 2.53. The number of hydrogen-bond donors (Lipinski definition) is 0. The first kappa shape index (κ1) is 10.3. The molecule has 1 saturated heterocycles. The summed E-state index contributed by atoms with van der Waals surface area (Å²) in [5, 5.41) is 0.743. The molecule has 1 aromatic carbocycles. The van der Waals surface area contributed by atoms with E-state index in [1.807, 2.05) is 24.3 Å². The summed E-state index contributed by atoms with van der Waals surface area (Å²) in [6, 6.07) is 7.57. The molecule has 15 heavy (non-hydrogen) atoms. The predicted octanol–water partition coefficient (Wildman–Crippen LogP) is 2.20. The van der Waals surface area contributed by atoms with E-state index < -0.39 is 0 Å². The van der Waals surface area contributed by atoms with Gasteiger partial charge in [-0.2, -0.15) is 0 Å². The maximum atomic E-state index is 5.82. The second kappa shape index (κ2) is 4.11. The van der Waals surface area contributed by atoms with E-state index in [4.69, 9.17) is 11.6 Å². The van der Waals surface area contributed by atoms with Gasteiger partial charge in [0.15, 0.2) is 0 Å². The maximum absolute atomic E-state index is 5.82. The number of aliphatic imine (C=N–C) groups is 1. The molecule has 0 atom stereocenters. The van der Waals surface area contributed by atoms with E-state index in [9.17, 15) is 0 Å². The Labute approximate surface area is 95.0 Å². The number of guanidine groups is 1. The monoisotopic (exact) mass is 223 g/mol. The van der Waals surface area contributed by atoms with Gasteiger partial charge in [0.05, 0.1) is 5.69 Å². The van der Waals surface area contributed by atoms with Crippen molar-refractivity contribution >= 4 is 23.2 Å². The van der Waals surface area contributed by atoms with Gasteiger partial charge in [-0.3, -0.25) is 0 Å². The number of hydrogen-bond acceptors (Lipinski definition) is 1. The number of rotatable bonds is 1. The smallest absolute Gasteiger partial charge is 0.201 e. The fraction of sp³-hybridized carbons (Fsp3) is 0.364. The van der Waals surface area contributed by atoms with E-state index in [0.29, 0.717) is 0 Å². The lowest BCUT2D eigenvalue weighted by Crippen LogP contribution is -2.27. The number of nitrogens with zero attached hydrogens (tertiary/aromatic N) is 3.